The Morgan fingerprint density at radius 2 is 1.56 bits per heavy atom. The van der Waals surface area contributed by atoms with Crippen LogP contribution in [0.25, 0.3) is 0 Å². The Labute approximate surface area is 206 Å². The van der Waals surface area contributed by atoms with Crippen LogP contribution < -0.4 is 34.7 Å². The van der Waals surface area contributed by atoms with Gasteiger partial charge in [0.15, 0.2) is 0 Å². The zero-order chi connectivity index (χ0) is 21.9. The van der Waals surface area contributed by atoms with Gasteiger partial charge in [0.2, 0.25) is 5.78 Å². The first-order valence-corrected chi connectivity index (χ1v) is 10.3. The summed E-state index contributed by atoms with van der Waals surface area (Å²) in [5.74, 6) is -0.0231. The van der Waals surface area contributed by atoms with Crippen molar-refractivity contribution in [2.24, 2.45) is 0 Å². The van der Waals surface area contributed by atoms with Gasteiger partial charge in [0.05, 0.1) is 32.7 Å². The van der Waals surface area contributed by atoms with E-state index in [9.17, 15) is 20.1 Å². The van der Waals surface area contributed by atoms with Crippen LogP contribution in [-0.4, -0.2) is 90.0 Å². The number of quaternary nitrogens is 2. The number of piperazine rings is 1. The minimum atomic E-state index is -0.169. The molecule has 0 unspecified atom stereocenters. The monoisotopic (exact) mass is 529 g/mol. The molecule has 0 saturated carbocycles. The van der Waals surface area contributed by atoms with Crippen molar-refractivity contribution >= 4 is 11.5 Å². The average Bonchev–Trinajstić information content (AvgIpc) is 2.67. The van der Waals surface area contributed by atoms with E-state index in [4.69, 9.17) is 0 Å². The predicted octanol–water partition coefficient (Wildman–Crippen LogP) is -3.68. The number of aromatic hydroxyl groups is 3. The number of phenolic OH excluding ortho intramolecular Hbond substituents is 3. The van der Waals surface area contributed by atoms with Crippen LogP contribution in [0.4, 0.5) is 5.69 Å². The first kappa shape index (κ1) is 28.0. The van der Waals surface area contributed by atoms with Crippen LogP contribution in [0.5, 0.6) is 17.2 Å². The van der Waals surface area contributed by atoms with E-state index in [0.717, 1.165) is 55.0 Å². The van der Waals surface area contributed by atoms with Gasteiger partial charge < -0.3 is 59.0 Å². The molecule has 0 atom stereocenters. The molecule has 9 heteroatoms. The second kappa shape index (κ2) is 11.2. The zero-order valence-corrected chi connectivity index (χ0v) is 21.2. The fourth-order valence-corrected chi connectivity index (χ4v) is 3.95. The highest BCUT2D eigenvalue weighted by Gasteiger charge is 2.38. The largest absolute Gasteiger partial charge is 1.00 e. The van der Waals surface area contributed by atoms with Crippen LogP contribution in [0.1, 0.15) is 15.9 Å². The highest BCUT2D eigenvalue weighted by Crippen LogP contribution is 2.25. The Kier molecular flexibility index (Phi) is 9.84. The lowest BCUT2D eigenvalue weighted by Crippen LogP contribution is -3.00. The van der Waals surface area contributed by atoms with Gasteiger partial charge in [-0.3, -0.25) is 4.79 Å². The first-order chi connectivity index (χ1) is 14.1. The van der Waals surface area contributed by atoms with Gasteiger partial charge in [-0.05, 0) is 30.7 Å². The smallest absolute Gasteiger partial charge is 0.220 e. The molecule has 0 amide bonds. The van der Waals surface area contributed by atoms with Crippen molar-refractivity contribution in [2.45, 2.75) is 6.92 Å². The Morgan fingerprint density at radius 1 is 0.938 bits per heavy atom. The molecule has 3 rings (SSSR count). The summed E-state index contributed by atoms with van der Waals surface area (Å²) in [4.78, 5) is 12.7. The molecule has 2 aromatic rings. The molecule has 178 valence electrons. The number of anilines is 1. The SMILES string of the molecule is Cc1ccc(NCC[N+]2(C)CC[N+](C)(CC(=O)c3ccc(O)cc3O)CC2)cc1O.[Br-].[Cl-]. The Morgan fingerprint density at radius 3 is 2.16 bits per heavy atom. The van der Waals surface area contributed by atoms with Gasteiger partial charge in [0.25, 0.3) is 0 Å². The van der Waals surface area contributed by atoms with Gasteiger partial charge in [-0.2, -0.15) is 0 Å². The number of halogens is 2. The Balaban J connectivity index is 0.00000256. The van der Waals surface area contributed by atoms with Crippen molar-refractivity contribution in [3.8, 4) is 17.2 Å². The fraction of sp³-hybridized carbons (Fsp3) is 0.435. The first-order valence-electron chi connectivity index (χ1n) is 10.3. The van der Waals surface area contributed by atoms with E-state index in [0.29, 0.717) is 16.8 Å². The van der Waals surface area contributed by atoms with E-state index in [1.165, 1.54) is 18.2 Å². The number of ketones is 1. The summed E-state index contributed by atoms with van der Waals surface area (Å²) in [7, 11) is 4.33. The van der Waals surface area contributed by atoms with Crippen LogP contribution >= 0.6 is 0 Å². The normalized spacial score (nSPS) is 22.3. The molecule has 0 radical (unpaired) electrons. The summed E-state index contributed by atoms with van der Waals surface area (Å²) >= 11 is 0. The van der Waals surface area contributed by atoms with Gasteiger partial charge in [0, 0.05) is 17.8 Å². The van der Waals surface area contributed by atoms with E-state index >= 15 is 0 Å². The van der Waals surface area contributed by atoms with Gasteiger partial charge in [-0.1, -0.05) is 6.07 Å². The molecule has 32 heavy (non-hydrogen) atoms. The maximum Gasteiger partial charge on any atom is 0.220 e. The van der Waals surface area contributed by atoms with Gasteiger partial charge in [-0.15, -0.1) is 0 Å². The fourth-order valence-electron chi connectivity index (χ4n) is 3.95. The van der Waals surface area contributed by atoms with Crippen LogP contribution in [-0.2, 0) is 0 Å². The topological polar surface area (TPSA) is 89.8 Å². The lowest BCUT2D eigenvalue weighted by molar-refractivity contribution is -1.01. The summed E-state index contributed by atoms with van der Waals surface area (Å²) in [6.07, 6.45) is 0. The molecule has 1 aliphatic rings. The molecule has 7 nitrogen and oxygen atoms in total. The molecule has 2 aromatic carbocycles. The molecule has 0 aliphatic carbocycles. The molecule has 1 aliphatic heterocycles. The van der Waals surface area contributed by atoms with Crippen LogP contribution in [0, 0.1) is 6.92 Å². The second-order valence-corrected chi connectivity index (χ2v) is 9.07. The molecule has 0 bridgehead atoms. The minimum Gasteiger partial charge on any atom is -1.00 e. The number of likely N-dealkylation sites (N-methyl/N-ethyl adjacent to an activating group) is 2. The minimum absolute atomic E-state index is 0. The number of carbonyl (C=O) groups excluding carboxylic acids is 1. The summed E-state index contributed by atoms with van der Waals surface area (Å²) < 4.78 is 1.57. The van der Waals surface area contributed by atoms with Crippen molar-refractivity contribution in [3.63, 3.8) is 0 Å². The number of rotatable bonds is 7. The molecule has 0 aromatic heterocycles. The summed E-state index contributed by atoms with van der Waals surface area (Å²) in [6, 6.07) is 9.75. The molecular weight excluding hydrogens is 498 g/mol. The third-order valence-electron chi connectivity index (χ3n) is 6.36. The number of nitrogens with zero attached hydrogens (tertiary/aromatic N) is 2. The van der Waals surface area contributed by atoms with E-state index in [-0.39, 0.29) is 52.2 Å². The van der Waals surface area contributed by atoms with Gasteiger partial charge >= 0.3 is 0 Å². The number of Topliss-reactive ketones (excluding diaryl/α,β-unsaturated/α-hetero) is 1. The van der Waals surface area contributed by atoms with Gasteiger partial charge in [-0.25, -0.2) is 0 Å². The predicted molar refractivity (Wildman–Crippen MR) is 117 cm³/mol. The number of benzene rings is 2. The van der Waals surface area contributed by atoms with Crippen molar-refractivity contribution in [1.82, 2.24) is 0 Å². The van der Waals surface area contributed by atoms with E-state index in [1.807, 2.05) is 19.1 Å². The third kappa shape index (κ3) is 7.00. The third-order valence-corrected chi connectivity index (χ3v) is 6.36. The van der Waals surface area contributed by atoms with Crippen LogP contribution in [0.3, 0.4) is 0 Å². The lowest BCUT2D eigenvalue weighted by atomic mass is 10.1. The van der Waals surface area contributed by atoms with E-state index in [2.05, 4.69) is 19.4 Å². The number of carbonyl (C=O) groups is 1. The summed E-state index contributed by atoms with van der Waals surface area (Å²) in [5.41, 5.74) is 2.05. The maximum absolute atomic E-state index is 12.7. The van der Waals surface area contributed by atoms with E-state index in [1.54, 1.807) is 6.07 Å². The highest BCUT2D eigenvalue weighted by atomic mass is 79.9. The molecule has 4 N–H and O–H groups in total. The Bertz CT molecular complexity index is 933. The maximum atomic E-state index is 12.7. The van der Waals surface area contributed by atoms with Gasteiger partial charge in [0.1, 0.15) is 50.0 Å². The summed E-state index contributed by atoms with van der Waals surface area (Å²) in [5, 5.41) is 32.6. The van der Waals surface area contributed by atoms with Crippen molar-refractivity contribution in [2.75, 3.05) is 65.2 Å². The number of nitrogens with one attached hydrogen (secondary N) is 1. The number of aryl methyl sites for hydroxylation is 1. The lowest BCUT2D eigenvalue weighted by Gasteiger charge is -2.46. The molecular formula is C23H33BrClN3O4. The van der Waals surface area contributed by atoms with Crippen molar-refractivity contribution in [1.29, 1.82) is 0 Å². The standard InChI is InChI=1S/C23H31N3O4.BrH.ClH/c1-17-4-5-18(14-21(17)28)24-8-9-25(2)10-12-26(3,13-11-25)16-23(30)20-7-6-19(27)15-22(20)29;;/h4-7,14-15,24H,8-13,16H2,1-3H3,(H-2,27,28,29,30);2*1H. The van der Waals surface area contributed by atoms with Crippen molar-refractivity contribution in [3.05, 3.63) is 47.5 Å². The van der Waals surface area contributed by atoms with Crippen LogP contribution in [0.15, 0.2) is 36.4 Å². The molecule has 1 fully saturated rings. The number of hydrogen-bond acceptors (Lipinski definition) is 5. The summed E-state index contributed by atoms with van der Waals surface area (Å²) in [6.45, 7) is 7.67. The Hall–Kier alpha value is -2.00. The second-order valence-electron chi connectivity index (χ2n) is 9.07. The number of hydrogen-bond donors (Lipinski definition) is 4. The van der Waals surface area contributed by atoms with Crippen molar-refractivity contribution < 1.29 is 58.5 Å². The average molecular weight is 531 g/mol. The molecule has 1 heterocycles. The van der Waals surface area contributed by atoms with Crippen LogP contribution in [0.2, 0.25) is 0 Å². The highest BCUT2D eigenvalue weighted by molar-refractivity contribution is 5.99. The molecule has 0 spiro atoms. The molecule has 1 saturated heterocycles. The zero-order valence-electron chi connectivity index (χ0n) is 18.8. The van der Waals surface area contributed by atoms with E-state index < -0.39 is 0 Å². The number of phenols is 3. The quantitative estimate of drug-likeness (QED) is 0.219.